The Balaban J connectivity index is 0.000000291. The molecule has 1 aliphatic rings. The SMILES string of the molecule is CC.C[C@H]1CCCC1=O. The Morgan fingerprint density at radius 1 is 1.44 bits per heavy atom. The van der Waals surface area contributed by atoms with Crippen molar-refractivity contribution in [3.8, 4) is 0 Å². The Kier molecular flexibility index (Phi) is 4.37. The van der Waals surface area contributed by atoms with Gasteiger partial charge in [-0.15, -0.1) is 0 Å². The Labute approximate surface area is 57.5 Å². The predicted octanol–water partition coefficient (Wildman–Crippen LogP) is 2.40. The molecule has 0 radical (unpaired) electrons. The monoisotopic (exact) mass is 128 g/mol. The van der Waals surface area contributed by atoms with E-state index in [4.69, 9.17) is 0 Å². The zero-order valence-electron chi connectivity index (χ0n) is 6.61. The summed E-state index contributed by atoms with van der Waals surface area (Å²) in [6.07, 6.45) is 3.08. The van der Waals surface area contributed by atoms with Crippen LogP contribution in [0.15, 0.2) is 0 Å². The Hall–Kier alpha value is -0.330. The first-order valence-corrected chi connectivity index (χ1v) is 3.83. The molecule has 1 aliphatic carbocycles. The topological polar surface area (TPSA) is 17.1 Å². The standard InChI is InChI=1S/C6H10O.C2H6/c1-5-3-2-4-6(5)7;1-2/h5H,2-4H2,1H3;1-2H3/t5-;/m0./s1. The van der Waals surface area contributed by atoms with Crippen LogP contribution in [0.5, 0.6) is 0 Å². The Morgan fingerprint density at radius 3 is 2.11 bits per heavy atom. The number of rotatable bonds is 0. The molecule has 0 aromatic rings. The number of hydrogen-bond acceptors (Lipinski definition) is 1. The molecule has 1 nitrogen and oxygen atoms in total. The fourth-order valence-corrected chi connectivity index (χ4v) is 0.990. The van der Waals surface area contributed by atoms with Crippen LogP contribution in [-0.4, -0.2) is 5.78 Å². The number of hydrogen-bond donors (Lipinski definition) is 0. The van der Waals surface area contributed by atoms with Crippen LogP contribution < -0.4 is 0 Å². The van der Waals surface area contributed by atoms with E-state index in [1.54, 1.807) is 0 Å². The Bertz CT molecular complexity index is 86.6. The van der Waals surface area contributed by atoms with Gasteiger partial charge in [0.15, 0.2) is 0 Å². The summed E-state index contributed by atoms with van der Waals surface area (Å²) in [6.45, 7) is 6.01. The smallest absolute Gasteiger partial charge is 0.135 e. The molecule has 1 fully saturated rings. The minimum Gasteiger partial charge on any atom is -0.299 e. The highest BCUT2D eigenvalue weighted by atomic mass is 16.1. The van der Waals surface area contributed by atoms with Crippen molar-refractivity contribution in [2.45, 2.75) is 40.0 Å². The maximum absolute atomic E-state index is 10.6. The summed E-state index contributed by atoms with van der Waals surface area (Å²) in [5.74, 6) is 0.833. The highest BCUT2D eigenvalue weighted by Gasteiger charge is 2.18. The first-order chi connectivity index (χ1) is 4.30. The average Bonchev–Trinajstić information content (AvgIpc) is 2.23. The van der Waals surface area contributed by atoms with Gasteiger partial charge in [-0.1, -0.05) is 20.8 Å². The summed E-state index contributed by atoms with van der Waals surface area (Å²) in [5.41, 5.74) is 0. The normalized spacial score (nSPS) is 25.2. The first-order valence-electron chi connectivity index (χ1n) is 3.83. The number of ketones is 1. The van der Waals surface area contributed by atoms with Crippen molar-refractivity contribution in [1.29, 1.82) is 0 Å². The van der Waals surface area contributed by atoms with Crippen molar-refractivity contribution in [1.82, 2.24) is 0 Å². The minimum absolute atomic E-state index is 0.375. The van der Waals surface area contributed by atoms with Gasteiger partial charge in [0.05, 0.1) is 0 Å². The third kappa shape index (κ3) is 2.64. The zero-order chi connectivity index (χ0) is 7.28. The second-order valence-electron chi connectivity index (χ2n) is 2.26. The van der Waals surface area contributed by atoms with Crippen molar-refractivity contribution in [2.24, 2.45) is 5.92 Å². The molecule has 1 rings (SSSR count). The summed E-state index contributed by atoms with van der Waals surface area (Å²) >= 11 is 0. The molecule has 0 N–H and O–H groups in total. The largest absolute Gasteiger partial charge is 0.299 e. The van der Waals surface area contributed by atoms with Gasteiger partial charge >= 0.3 is 0 Å². The summed E-state index contributed by atoms with van der Waals surface area (Å²) in [6, 6.07) is 0. The van der Waals surface area contributed by atoms with E-state index < -0.39 is 0 Å². The van der Waals surface area contributed by atoms with E-state index in [2.05, 4.69) is 0 Å². The van der Waals surface area contributed by atoms with E-state index in [1.165, 1.54) is 0 Å². The van der Waals surface area contributed by atoms with Gasteiger partial charge in [-0.05, 0) is 12.8 Å². The van der Waals surface area contributed by atoms with Gasteiger partial charge < -0.3 is 0 Å². The molecule has 54 valence electrons. The van der Waals surface area contributed by atoms with Gasteiger partial charge in [0.2, 0.25) is 0 Å². The third-order valence-electron chi connectivity index (χ3n) is 1.61. The maximum atomic E-state index is 10.6. The van der Waals surface area contributed by atoms with E-state index >= 15 is 0 Å². The van der Waals surface area contributed by atoms with Crippen LogP contribution in [0, 0.1) is 5.92 Å². The van der Waals surface area contributed by atoms with Gasteiger partial charge in [0, 0.05) is 12.3 Å². The van der Waals surface area contributed by atoms with Crippen molar-refractivity contribution in [2.75, 3.05) is 0 Å². The van der Waals surface area contributed by atoms with Crippen LogP contribution in [0.1, 0.15) is 40.0 Å². The van der Waals surface area contributed by atoms with Crippen molar-refractivity contribution in [3.05, 3.63) is 0 Å². The fraction of sp³-hybridized carbons (Fsp3) is 0.875. The molecule has 0 unspecified atom stereocenters. The number of carbonyl (C=O) groups is 1. The lowest BCUT2D eigenvalue weighted by atomic mass is 10.1. The van der Waals surface area contributed by atoms with Crippen molar-refractivity contribution >= 4 is 5.78 Å². The van der Waals surface area contributed by atoms with Crippen LogP contribution in [0.2, 0.25) is 0 Å². The number of Topliss-reactive ketones (excluding diaryl/α,β-unsaturated/α-hetero) is 1. The second kappa shape index (κ2) is 4.54. The molecule has 1 heteroatoms. The van der Waals surface area contributed by atoms with Gasteiger partial charge in [0.1, 0.15) is 5.78 Å². The van der Waals surface area contributed by atoms with Crippen LogP contribution in [-0.2, 0) is 4.79 Å². The molecule has 0 aromatic heterocycles. The quantitative estimate of drug-likeness (QED) is 0.489. The molecule has 0 spiro atoms. The predicted molar refractivity (Wildman–Crippen MR) is 39.4 cm³/mol. The summed E-state index contributed by atoms with van der Waals surface area (Å²) in [7, 11) is 0. The van der Waals surface area contributed by atoms with Gasteiger partial charge in [-0.25, -0.2) is 0 Å². The molecule has 0 heterocycles. The Morgan fingerprint density at radius 2 is 2.00 bits per heavy atom. The van der Waals surface area contributed by atoms with Gasteiger partial charge in [0.25, 0.3) is 0 Å². The molecule has 0 saturated heterocycles. The van der Waals surface area contributed by atoms with Crippen LogP contribution in [0.4, 0.5) is 0 Å². The summed E-state index contributed by atoms with van der Waals surface area (Å²) in [5, 5.41) is 0. The second-order valence-corrected chi connectivity index (χ2v) is 2.26. The van der Waals surface area contributed by atoms with E-state index in [0.29, 0.717) is 11.7 Å². The minimum atomic E-state index is 0.375. The molecular formula is C8H16O. The highest BCUT2D eigenvalue weighted by molar-refractivity contribution is 5.82. The average molecular weight is 128 g/mol. The van der Waals surface area contributed by atoms with E-state index in [0.717, 1.165) is 19.3 Å². The lowest BCUT2D eigenvalue weighted by Crippen LogP contribution is -1.98. The molecule has 0 bridgehead atoms. The first kappa shape index (κ1) is 8.67. The number of carbonyl (C=O) groups excluding carboxylic acids is 1. The summed E-state index contributed by atoms with van der Waals surface area (Å²) < 4.78 is 0. The molecule has 9 heavy (non-hydrogen) atoms. The molecule has 1 saturated carbocycles. The molecule has 1 atom stereocenters. The van der Waals surface area contributed by atoms with E-state index in [1.807, 2.05) is 20.8 Å². The van der Waals surface area contributed by atoms with Crippen LogP contribution >= 0.6 is 0 Å². The van der Waals surface area contributed by atoms with E-state index in [-0.39, 0.29) is 0 Å². The fourth-order valence-electron chi connectivity index (χ4n) is 0.990. The summed E-state index contributed by atoms with van der Waals surface area (Å²) in [4.78, 5) is 10.6. The molecule has 0 amide bonds. The van der Waals surface area contributed by atoms with Gasteiger partial charge in [-0.3, -0.25) is 4.79 Å². The molecular weight excluding hydrogens is 112 g/mol. The lowest BCUT2D eigenvalue weighted by Gasteiger charge is -1.91. The van der Waals surface area contributed by atoms with Gasteiger partial charge in [-0.2, -0.15) is 0 Å². The molecule has 0 aliphatic heterocycles. The van der Waals surface area contributed by atoms with Crippen molar-refractivity contribution < 1.29 is 4.79 Å². The maximum Gasteiger partial charge on any atom is 0.135 e. The van der Waals surface area contributed by atoms with Crippen LogP contribution in [0.25, 0.3) is 0 Å². The highest BCUT2D eigenvalue weighted by Crippen LogP contribution is 2.19. The molecule has 0 aromatic carbocycles. The van der Waals surface area contributed by atoms with E-state index in [9.17, 15) is 4.79 Å². The zero-order valence-corrected chi connectivity index (χ0v) is 6.61. The lowest BCUT2D eigenvalue weighted by molar-refractivity contribution is -0.120. The van der Waals surface area contributed by atoms with Crippen LogP contribution in [0.3, 0.4) is 0 Å². The van der Waals surface area contributed by atoms with Crippen molar-refractivity contribution in [3.63, 3.8) is 0 Å². The third-order valence-corrected chi connectivity index (χ3v) is 1.61.